The summed E-state index contributed by atoms with van der Waals surface area (Å²) in [5.41, 5.74) is 4.66. The van der Waals surface area contributed by atoms with Crippen LogP contribution in [0.2, 0.25) is 5.02 Å². The number of halogens is 2. The molecule has 1 heterocycles. The van der Waals surface area contributed by atoms with E-state index in [0.29, 0.717) is 13.2 Å². The Morgan fingerprint density at radius 2 is 1.73 bits per heavy atom. The van der Waals surface area contributed by atoms with E-state index in [-0.39, 0.29) is 24.7 Å². The van der Waals surface area contributed by atoms with E-state index >= 15 is 0 Å². The average Bonchev–Trinajstić information content (AvgIpc) is 3.02. The first-order valence-electron chi connectivity index (χ1n) is 10.8. The maximum Gasteiger partial charge on any atom is 0.303 e. The van der Waals surface area contributed by atoms with Gasteiger partial charge >= 0.3 is 11.9 Å². The van der Waals surface area contributed by atoms with Crippen molar-refractivity contribution in [2.45, 2.75) is 45.3 Å². The summed E-state index contributed by atoms with van der Waals surface area (Å²) in [6, 6.07) is 10.6. The third kappa shape index (κ3) is 9.77. The topological polar surface area (TPSA) is 108 Å². The van der Waals surface area contributed by atoms with Gasteiger partial charge in [-0.1, -0.05) is 29.8 Å². The zero-order valence-corrected chi connectivity index (χ0v) is 19.3. The molecule has 3 rings (SSSR count). The molecule has 2 aromatic carbocycles. The van der Waals surface area contributed by atoms with E-state index in [2.05, 4.69) is 23.6 Å². The van der Waals surface area contributed by atoms with Gasteiger partial charge in [0.1, 0.15) is 5.82 Å². The monoisotopic (exact) mass is 480 g/mol. The van der Waals surface area contributed by atoms with Crippen molar-refractivity contribution in [2.75, 3.05) is 25.0 Å². The molecule has 0 fully saturated rings. The summed E-state index contributed by atoms with van der Waals surface area (Å²) in [5, 5.41) is 23.5. The van der Waals surface area contributed by atoms with E-state index in [4.69, 9.17) is 26.6 Å². The van der Waals surface area contributed by atoms with Crippen molar-refractivity contribution in [3.63, 3.8) is 0 Å². The molecule has 0 radical (unpaired) electrons. The van der Waals surface area contributed by atoms with Gasteiger partial charge in [-0.15, -0.1) is 0 Å². The molecule has 0 aliphatic carbocycles. The summed E-state index contributed by atoms with van der Waals surface area (Å²) in [5.74, 6) is -2.38. The van der Waals surface area contributed by atoms with E-state index in [0.717, 1.165) is 42.2 Å². The molecule has 0 saturated carbocycles. The van der Waals surface area contributed by atoms with E-state index in [1.165, 1.54) is 23.3 Å². The lowest BCUT2D eigenvalue weighted by molar-refractivity contribution is -0.143. The van der Waals surface area contributed by atoms with Crippen LogP contribution in [-0.4, -0.2) is 47.9 Å². The van der Waals surface area contributed by atoms with Crippen LogP contribution < -0.4 is 10.6 Å². The number of anilines is 1. The maximum atomic E-state index is 12.9. The van der Waals surface area contributed by atoms with Crippen molar-refractivity contribution in [3.05, 3.63) is 63.9 Å². The number of fused-ring (bicyclic) bond motifs is 1. The van der Waals surface area contributed by atoms with Crippen LogP contribution in [0.5, 0.6) is 0 Å². The van der Waals surface area contributed by atoms with Crippen LogP contribution in [0.3, 0.4) is 0 Å². The van der Waals surface area contributed by atoms with Crippen LogP contribution in [0.4, 0.5) is 10.1 Å². The number of hydrogen-bond donors (Lipinski definition) is 4. The Morgan fingerprint density at radius 1 is 1.09 bits per heavy atom. The molecule has 1 atom stereocenters. The predicted molar refractivity (Wildman–Crippen MR) is 125 cm³/mol. The van der Waals surface area contributed by atoms with Gasteiger partial charge in [0, 0.05) is 6.04 Å². The molecule has 2 aromatic rings. The van der Waals surface area contributed by atoms with Gasteiger partial charge in [0.2, 0.25) is 0 Å². The molecule has 1 aliphatic rings. The molecule has 4 N–H and O–H groups in total. The lowest BCUT2D eigenvalue weighted by atomic mass is 10.0. The molecule has 180 valence electrons. The Labute approximate surface area is 197 Å². The average molecular weight is 481 g/mol. The van der Waals surface area contributed by atoms with Crippen LogP contribution in [0.25, 0.3) is 0 Å². The molecule has 0 bridgehead atoms. The highest BCUT2D eigenvalue weighted by Gasteiger charge is 2.16. The zero-order chi connectivity index (χ0) is 24.2. The van der Waals surface area contributed by atoms with Crippen molar-refractivity contribution >= 4 is 29.2 Å². The third-order valence-electron chi connectivity index (χ3n) is 4.98. The Hall–Kier alpha value is -2.68. The van der Waals surface area contributed by atoms with E-state index in [1.54, 1.807) is 12.1 Å². The van der Waals surface area contributed by atoms with E-state index < -0.39 is 11.9 Å². The number of carbonyl (C=O) groups is 2. The molecular weight excluding hydrogens is 451 g/mol. The zero-order valence-electron chi connectivity index (χ0n) is 18.6. The summed E-state index contributed by atoms with van der Waals surface area (Å²) in [7, 11) is 0. The Morgan fingerprint density at radius 3 is 2.36 bits per heavy atom. The van der Waals surface area contributed by atoms with Gasteiger partial charge < -0.3 is 25.6 Å². The first-order chi connectivity index (χ1) is 15.8. The van der Waals surface area contributed by atoms with Crippen molar-refractivity contribution in [3.8, 4) is 0 Å². The lowest BCUT2D eigenvalue weighted by Gasteiger charge is -2.21. The SMILES string of the molecule is CC(COCc1ccc(F)cc1)Nc1c(Cl)ccc2c1CCNCC2.O=C(O)CCC(=O)O. The number of nitrogens with one attached hydrogen (secondary N) is 2. The molecule has 7 nitrogen and oxygen atoms in total. The summed E-state index contributed by atoms with van der Waals surface area (Å²) in [6.07, 6.45) is 1.41. The number of ether oxygens (including phenoxy) is 1. The van der Waals surface area contributed by atoms with Crippen molar-refractivity contribution in [1.29, 1.82) is 0 Å². The molecule has 0 aromatic heterocycles. The Balaban J connectivity index is 0.000000414. The molecule has 0 spiro atoms. The standard InChI is InChI=1S/C20H24ClFN2O.C4H6O4/c1-14(12-25-13-15-2-5-17(22)6-3-15)24-20-18-9-11-23-10-8-16(18)4-7-19(20)21;5-3(6)1-2-4(7)8/h2-7,14,23-24H,8-13H2,1H3;1-2H2,(H,5,6)(H,7,8). The maximum absolute atomic E-state index is 12.9. The summed E-state index contributed by atoms with van der Waals surface area (Å²) in [6.45, 7) is 5.07. The van der Waals surface area contributed by atoms with Crippen LogP contribution in [0.1, 0.15) is 36.5 Å². The largest absolute Gasteiger partial charge is 0.481 e. The number of rotatable bonds is 9. The molecule has 0 saturated heterocycles. The fourth-order valence-electron chi connectivity index (χ4n) is 3.34. The van der Waals surface area contributed by atoms with Gasteiger partial charge in [-0.3, -0.25) is 9.59 Å². The second-order valence-corrected chi connectivity index (χ2v) is 8.19. The van der Waals surface area contributed by atoms with Crippen LogP contribution in [0, 0.1) is 5.82 Å². The first-order valence-corrected chi connectivity index (χ1v) is 11.2. The highest BCUT2D eigenvalue weighted by molar-refractivity contribution is 6.33. The summed E-state index contributed by atoms with van der Waals surface area (Å²) >= 11 is 6.44. The minimum absolute atomic E-state index is 0.126. The summed E-state index contributed by atoms with van der Waals surface area (Å²) in [4.78, 5) is 19.3. The van der Waals surface area contributed by atoms with Gasteiger partial charge in [0.15, 0.2) is 0 Å². The third-order valence-corrected chi connectivity index (χ3v) is 5.29. The normalized spacial score (nSPS) is 13.7. The van der Waals surface area contributed by atoms with Crippen LogP contribution in [-0.2, 0) is 33.8 Å². The second-order valence-electron chi connectivity index (χ2n) is 7.78. The first kappa shape index (κ1) is 26.6. The van der Waals surface area contributed by atoms with Crippen molar-refractivity contribution in [1.82, 2.24) is 5.32 Å². The van der Waals surface area contributed by atoms with Crippen LogP contribution in [0.15, 0.2) is 36.4 Å². The second kappa shape index (κ2) is 13.8. The number of carboxylic acid groups (broad SMARTS) is 2. The minimum Gasteiger partial charge on any atom is -0.481 e. The molecular formula is C24H30ClFN2O5. The predicted octanol–water partition coefficient (Wildman–Crippen LogP) is 4.12. The van der Waals surface area contributed by atoms with Gasteiger partial charge in [0.25, 0.3) is 0 Å². The quantitative estimate of drug-likeness (QED) is 0.427. The molecule has 1 aliphatic heterocycles. The Bertz CT molecular complexity index is 910. The van der Waals surface area contributed by atoms with Gasteiger partial charge in [-0.25, -0.2) is 4.39 Å². The van der Waals surface area contributed by atoms with Gasteiger partial charge in [-0.2, -0.15) is 0 Å². The lowest BCUT2D eigenvalue weighted by Crippen LogP contribution is -2.23. The number of carboxylic acids is 2. The van der Waals surface area contributed by atoms with E-state index in [1.807, 2.05) is 6.07 Å². The smallest absolute Gasteiger partial charge is 0.303 e. The highest BCUT2D eigenvalue weighted by atomic mass is 35.5. The fraction of sp³-hybridized carbons (Fsp3) is 0.417. The minimum atomic E-state index is -1.08. The van der Waals surface area contributed by atoms with Gasteiger partial charge in [0.05, 0.1) is 36.8 Å². The van der Waals surface area contributed by atoms with Gasteiger partial charge in [-0.05, 0) is 67.7 Å². The van der Waals surface area contributed by atoms with Crippen molar-refractivity contribution in [2.24, 2.45) is 0 Å². The Kier molecular flexibility index (Phi) is 11.1. The number of aliphatic carboxylic acids is 2. The molecule has 9 heteroatoms. The van der Waals surface area contributed by atoms with Crippen LogP contribution >= 0.6 is 11.6 Å². The number of hydrogen-bond acceptors (Lipinski definition) is 5. The molecule has 1 unspecified atom stereocenters. The van der Waals surface area contributed by atoms with Crippen molar-refractivity contribution < 1.29 is 28.9 Å². The highest BCUT2D eigenvalue weighted by Crippen LogP contribution is 2.31. The number of benzene rings is 2. The fourth-order valence-corrected chi connectivity index (χ4v) is 3.57. The van der Waals surface area contributed by atoms with E-state index in [9.17, 15) is 14.0 Å². The molecule has 0 amide bonds. The summed E-state index contributed by atoms with van der Waals surface area (Å²) < 4.78 is 18.7. The molecule has 33 heavy (non-hydrogen) atoms.